The average molecular weight is 803 g/mol. The quantitative estimate of drug-likeness (QED) is 0.178. The Morgan fingerprint density at radius 1 is 0.365 bits per heavy atom. The summed E-state index contributed by atoms with van der Waals surface area (Å²) in [6.07, 6.45) is 0. The first kappa shape index (κ1) is 34.3. The van der Waals surface area contributed by atoms with Crippen molar-refractivity contribution >= 4 is 43.7 Å². The smallest absolute Gasteiger partial charge is 0.164 e. The van der Waals surface area contributed by atoms with E-state index in [-0.39, 0.29) is 0 Å². The number of benzene rings is 9. The second kappa shape index (κ2) is 12.8. The third-order valence-electron chi connectivity index (χ3n) is 13.4. The minimum Gasteiger partial charge on any atom is -0.456 e. The highest BCUT2D eigenvalue weighted by Crippen LogP contribution is 2.63. The van der Waals surface area contributed by atoms with Crippen LogP contribution in [0.1, 0.15) is 22.3 Å². The molecule has 0 bridgehead atoms. The normalized spacial score (nSPS) is 13.2. The summed E-state index contributed by atoms with van der Waals surface area (Å²) in [6.45, 7) is 0. The van der Waals surface area contributed by atoms with Crippen molar-refractivity contribution in [2.75, 3.05) is 0 Å². The van der Waals surface area contributed by atoms with Gasteiger partial charge in [0.15, 0.2) is 17.5 Å². The Morgan fingerprint density at radius 3 is 1.56 bits per heavy atom. The third kappa shape index (κ3) is 4.68. The maximum Gasteiger partial charge on any atom is 0.164 e. The van der Waals surface area contributed by atoms with E-state index in [0.717, 1.165) is 55.3 Å². The van der Waals surface area contributed by atoms with Crippen molar-refractivity contribution in [3.05, 3.63) is 229 Å². The Kier molecular flexibility index (Phi) is 6.97. The van der Waals surface area contributed by atoms with E-state index >= 15 is 0 Å². The van der Waals surface area contributed by atoms with Crippen molar-refractivity contribution in [3.63, 3.8) is 0 Å². The van der Waals surface area contributed by atoms with Gasteiger partial charge in [-0.25, -0.2) is 15.0 Å². The van der Waals surface area contributed by atoms with Gasteiger partial charge >= 0.3 is 0 Å². The second-order valence-electron chi connectivity index (χ2n) is 16.7. The zero-order valence-corrected chi connectivity index (χ0v) is 33.8. The SMILES string of the molecule is c1ccc(-c2nc(-c3ccccc3)nc(-c3cccc(-n4c5cc6c(cc5c5ccc7oc8ccccc8c7c54)-c4ccccc4C64c5ccccc5-c5ccccc54)c3)n2)cc1. The van der Waals surface area contributed by atoms with E-state index in [1.807, 2.05) is 66.7 Å². The Balaban J connectivity index is 1.09. The molecule has 0 fully saturated rings. The Labute approximate surface area is 362 Å². The van der Waals surface area contributed by atoms with Gasteiger partial charge in [-0.2, -0.15) is 0 Å². The van der Waals surface area contributed by atoms with Crippen LogP contribution in [0.4, 0.5) is 0 Å². The van der Waals surface area contributed by atoms with Crippen LogP contribution >= 0.6 is 0 Å². The maximum absolute atomic E-state index is 6.59. The number of furan rings is 1. The number of nitrogens with zero attached hydrogens (tertiary/aromatic N) is 4. The van der Waals surface area contributed by atoms with Gasteiger partial charge in [0.1, 0.15) is 11.2 Å². The molecule has 9 aromatic carbocycles. The van der Waals surface area contributed by atoms with Gasteiger partial charge in [0, 0.05) is 38.5 Å². The summed E-state index contributed by atoms with van der Waals surface area (Å²) in [6, 6.07) is 73.7. The molecule has 3 heterocycles. The Bertz CT molecular complexity index is 3760. The highest BCUT2D eigenvalue weighted by atomic mass is 16.3. The molecule has 0 amide bonds. The van der Waals surface area contributed by atoms with E-state index in [1.165, 1.54) is 55.3 Å². The largest absolute Gasteiger partial charge is 0.456 e. The van der Waals surface area contributed by atoms with E-state index in [4.69, 9.17) is 19.4 Å². The number of fused-ring (bicyclic) bond motifs is 17. The molecule has 2 aliphatic rings. The standard InChI is InChI=1S/C58H34N4O/c1-3-16-35(17-4-1)55-59-56(36-18-5-2-6-19-36)61-57(60-55)37-20-15-21-38(32-37)62-50-34-49-44(33-45(50)42-30-31-52-53(54(42)62)43-25-10-14-29-51(43)63-52)41-24-9-13-28-48(41)58(49)46-26-11-7-22-39(46)40-23-8-12-27-47(40)58/h1-34H. The first-order valence-corrected chi connectivity index (χ1v) is 21.4. The van der Waals surface area contributed by atoms with Crippen molar-refractivity contribution in [2.24, 2.45) is 0 Å². The van der Waals surface area contributed by atoms with E-state index < -0.39 is 5.41 Å². The topological polar surface area (TPSA) is 56.7 Å². The predicted octanol–water partition coefficient (Wildman–Crippen LogP) is 14.2. The van der Waals surface area contributed by atoms with Crippen molar-refractivity contribution in [1.82, 2.24) is 19.5 Å². The van der Waals surface area contributed by atoms with Crippen LogP contribution in [0.3, 0.4) is 0 Å². The lowest BCUT2D eigenvalue weighted by Crippen LogP contribution is -2.25. The van der Waals surface area contributed by atoms with Gasteiger partial charge < -0.3 is 8.98 Å². The van der Waals surface area contributed by atoms with Gasteiger partial charge in [0.05, 0.1) is 21.8 Å². The maximum atomic E-state index is 6.59. The van der Waals surface area contributed by atoms with E-state index in [1.54, 1.807) is 0 Å². The molecule has 1 spiro atoms. The molecule has 5 nitrogen and oxygen atoms in total. The lowest BCUT2D eigenvalue weighted by Gasteiger charge is -2.30. The molecule has 0 aliphatic heterocycles. The second-order valence-corrected chi connectivity index (χ2v) is 16.7. The van der Waals surface area contributed by atoms with Crippen LogP contribution in [0.25, 0.3) is 106 Å². The number of aromatic nitrogens is 4. The molecule has 0 atom stereocenters. The van der Waals surface area contributed by atoms with Gasteiger partial charge in [-0.15, -0.1) is 0 Å². The summed E-state index contributed by atoms with van der Waals surface area (Å²) in [5.41, 5.74) is 17.6. The monoisotopic (exact) mass is 802 g/mol. The molecule has 2 aliphatic carbocycles. The molecule has 0 radical (unpaired) electrons. The van der Waals surface area contributed by atoms with Crippen molar-refractivity contribution < 1.29 is 4.42 Å². The summed E-state index contributed by atoms with van der Waals surface area (Å²) in [5, 5.41) is 4.53. The fourth-order valence-electron chi connectivity index (χ4n) is 10.9. The number of rotatable bonds is 4. The highest BCUT2D eigenvalue weighted by molar-refractivity contribution is 6.25. The molecule has 12 aromatic rings. The molecule has 0 saturated heterocycles. The fraction of sp³-hybridized carbons (Fsp3) is 0.0172. The molecule has 292 valence electrons. The zero-order chi connectivity index (χ0) is 41.2. The van der Waals surface area contributed by atoms with Crippen LogP contribution in [-0.2, 0) is 5.41 Å². The molecule has 0 unspecified atom stereocenters. The van der Waals surface area contributed by atoms with Gasteiger partial charge in [0.2, 0.25) is 0 Å². The van der Waals surface area contributed by atoms with Crippen LogP contribution in [0.2, 0.25) is 0 Å². The zero-order valence-electron chi connectivity index (χ0n) is 33.8. The Morgan fingerprint density at radius 2 is 0.905 bits per heavy atom. The molecular weight excluding hydrogens is 769 g/mol. The van der Waals surface area contributed by atoms with Gasteiger partial charge in [0.25, 0.3) is 0 Å². The van der Waals surface area contributed by atoms with Crippen molar-refractivity contribution in [1.29, 1.82) is 0 Å². The van der Waals surface area contributed by atoms with E-state index in [9.17, 15) is 0 Å². The van der Waals surface area contributed by atoms with Gasteiger partial charge in [-0.1, -0.05) is 164 Å². The predicted molar refractivity (Wildman–Crippen MR) is 254 cm³/mol. The molecule has 3 aromatic heterocycles. The van der Waals surface area contributed by atoms with Crippen LogP contribution < -0.4 is 0 Å². The van der Waals surface area contributed by atoms with Gasteiger partial charge in [-0.3, -0.25) is 0 Å². The van der Waals surface area contributed by atoms with E-state index in [2.05, 4.69) is 144 Å². The summed E-state index contributed by atoms with van der Waals surface area (Å²) >= 11 is 0. The first-order valence-electron chi connectivity index (χ1n) is 21.4. The fourth-order valence-corrected chi connectivity index (χ4v) is 10.9. The number of para-hydroxylation sites is 1. The average Bonchev–Trinajstić information content (AvgIpc) is 4.07. The molecule has 0 N–H and O–H groups in total. The van der Waals surface area contributed by atoms with Crippen LogP contribution in [0.15, 0.2) is 211 Å². The summed E-state index contributed by atoms with van der Waals surface area (Å²) < 4.78 is 9.05. The number of hydrogen-bond donors (Lipinski definition) is 0. The molecule has 63 heavy (non-hydrogen) atoms. The minimum absolute atomic E-state index is 0.485. The summed E-state index contributed by atoms with van der Waals surface area (Å²) in [4.78, 5) is 15.3. The molecule has 14 rings (SSSR count). The number of hydrogen-bond acceptors (Lipinski definition) is 4. The molecule has 0 saturated carbocycles. The highest BCUT2D eigenvalue weighted by Gasteiger charge is 2.51. The lowest BCUT2D eigenvalue weighted by atomic mass is 9.70. The van der Waals surface area contributed by atoms with Gasteiger partial charge in [-0.05, 0) is 87.0 Å². The summed E-state index contributed by atoms with van der Waals surface area (Å²) in [7, 11) is 0. The summed E-state index contributed by atoms with van der Waals surface area (Å²) in [5.74, 6) is 1.87. The van der Waals surface area contributed by atoms with Crippen molar-refractivity contribution in [3.8, 4) is 62.1 Å². The third-order valence-corrected chi connectivity index (χ3v) is 13.4. The van der Waals surface area contributed by atoms with Crippen LogP contribution in [0, 0.1) is 0 Å². The van der Waals surface area contributed by atoms with Crippen molar-refractivity contribution in [2.45, 2.75) is 5.41 Å². The first-order chi connectivity index (χ1) is 31.2. The van der Waals surface area contributed by atoms with E-state index in [0.29, 0.717) is 17.5 Å². The van der Waals surface area contributed by atoms with Crippen LogP contribution in [-0.4, -0.2) is 19.5 Å². The molecule has 5 heteroatoms. The lowest BCUT2D eigenvalue weighted by molar-refractivity contribution is 0.669. The minimum atomic E-state index is -0.485. The Hall–Kier alpha value is -8.41. The molecular formula is C58H34N4O. The van der Waals surface area contributed by atoms with Crippen LogP contribution in [0.5, 0.6) is 0 Å².